The molecule has 2 heterocycles. The van der Waals surface area contributed by atoms with Crippen molar-refractivity contribution in [2.24, 2.45) is 0 Å². The largest absolute Gasteiger partial charge is 0.419 e. The summed E-state index contributed by atoms with van der Waals surface area (Å²) in [6, 6.07) is 4.61. The van der Waals surface area contributed by atoms with E-state index in [-0.39, 0.29) is 4.90 Å². The van der Waals surface area contributed by atoms with Crippen LogP contribution in [0.2, 0.25) is 0 Å². The van der Waals surface area contributed by atoms with Crippen molar-refractivity contribution in [1.82, 2.24) is 8.87 Å². The molecule has 3 rings (SSSR count). The van der Waals surface area contributed by atoms with Crippen LogP contribution in [0.4, 0.5) is 0 Å². The molecule has 1 aromatic carbocycles. The van der Waals surface area contributed by atoms with E-state index in [1.165, 1.54) is 21.0 Å². The van der Waals surface area contributed by atoms with Gasteiger partial charge in [-0.1, -0.05) is 0 Å². The summed E-state index contributed by atoms with van der Waals surface area (Å²) in [7, 11) is -3.48. The lowest BCUT2D eigenvalue weighted by atomic mass is 10.3. The number of nitrogens with zero attached hydrogens (tertiary/aromatic N) is 2. The molecular weight excluding hydrogens is 280 g/mol. The third kappa shape index (κ3) is 1.97. The van der Waals surface area contributed by atoms with Crippen molar-refractivity contribution in [3.8, 4) is 0 Å². The summed E-state index contributed by atoms with van der Waals surface area (Å²) in [6.45, 7) is 3.44. The molecule has 20 heavy (non-hydrogen) atoms. The molecule has 0 amide bonds. The molecule has 0 aliphatic carbocycles. The number of fused-ring (bicyclic) bond motifs is 1. The van der Waals surface area contributed by atoms with E-state index in [0.29, 0.717) is 30.7 Å². The Morgan fingerprint density at radius 3 is 2.60 bits per heavy atom. The van der Waals surface area contributed by atoms with Gasteiger partial charge < -0.3 is 4.42 Å². The molecule has 1 aliphatic rings. The number of benzene rings is 1. The van der Waals surface area contributed by atoms with Crippen molar-refractivity contribution in [1.29, 1.82) is 0 Å². The van der Waals surface area contributed by atoms with E-state index in [1.54, 1.807) is 6.07 Å². The highest BCUT2D eigenvalue weighted by molar-refractivity contribution is 7.89. The van der Waals surface area contributed by atoms with Gasteiger partial charge in [0.05, 0.1) is 10.4 Å². The summed E-state index contributed by atoms with van der Waals surface area (Å²) in [5.74, 6) is -0.460. The predicted molar refractivity (Wildman–Crippen MR) is 74.1 cm³/mol. The highest BCUT2D eigenvalue weighted by atomic mass is 32.2. The van der Waals surface area contributed by atoms with Crippen LogP contribution in [0.3, 0.4) is 0 Å². The van der Waals surface area contributed by atoms with Crippen molar-refractivity contribution in [2.45, 2.75) is 31.2 Å². The number of oxazole rings is 1. The molecule has 0 N–H and O–H groups in total. The lowest BCUT2D eigenvalue weighted by molar-refractivity contribution is 0.477. The van der Waals surface area contributed by atoms with Gasteiger partial charge in [-0.3, -0.25) is 4.57 Å². The van der Waals surface area contributed by atoms with Crippen LogP contribution in [-0.2, 0) is 16.6 Å². The molecular formula is C13H16N2O4S. The van der Waals surface area contributed by atoms with Crippen molar-refractivity contribution in [2.75, 3.05) is 13.1 Å². The number of aromatic nitrogens is 1. The van der Waals surface area contributed by atoms with Gasteiger partial charge in [0.25, 0.3) is 0 Å². The average molecular weight is 296 g/mol. The molecule has 1 saturated heterocycles. The van der Waals surface area contributed by atoms with Gasteiger partial charge in [-0.25, -0.2) is 13.2 Å². The van der Waals surface area contributed by atoms with E-state index in [9.17, 15) is 13.2 Å². The Kier molecular flexibility index (Phi) is 3.18. The van der Waals surface area contributed by atoms with E-state index in [2.05, 4.69) is 0 Å². The van der Waals surface area contributed by atoms with Crippen molar-refractivity contribution >= 4 is 21.1 Å². The van der Waals surface area contributed by atoms with Crippen LogP contribution in [-0.4, -0.2) is 30.4 Å². The van der Waals surface area contributed by atoms with Crippen LogP contribution >= 0.6 is 0 Å². The van der Waals surface area contributed by atoms with Crippen LogP contribution in [0, 0.1) is 0 Å². The molecule has 0 saturated carbocycles. The van der Waals surface area contributed by atoms with Gasteiger partial charge in [0.2, 0.25) is 10.0 Å². The Balaban J connectivity index is 2.12. The van der Waals surface area contributed by atoms with Crippen molar-refractivity contribution < 1.29 is 12.8 Å². The Labute approximate surface area is 116 Å². The van der Waals surface area contributed by atoms with Gasteiger partial charge in [-0.15, -0.1) is 0 Å². The van der Waals surface area contributed by atoms with E-state index < -0.39 is 15.8 Å². The van der Waals surface area contributed by atoms with Gasteiger partial charge in [-0.2, -0.15) is 4.31 Å². The van der Waals surface area contributed by atoms with E-state index in [0.717, 1.165) is 12.8 Å². The number of aryl methyl sites for hydroxylation is 1. The minimum atomic E-state index is -3.48. The minimum absolute atomic E-state index is 0.184. The minimum Gasteiger partial charge on any atom is -0.408 e. The highest BCUT2D eigenvalue weighted by Gasteiger charge is 2.27. The fourth-order valence-electron chi connectivity index (χ4n) is 2.58. The fraction of sp³-hybridized carbons (Fsp3) is 0.462. The SMILES string of the molecule is CCn1c(=O)oc2cc(S(=O)(=O)N3CCCC3)ccc21. The van der Waals surface area contributed by atoms with Gasteiger partial charge in [0.15, 0.2) is 5.58 Å². The third-order valence-electron chi connectivity index (χ3n) is 3.66. The first-order valence-corrected chi connectivity index (χ1v) is 8.11. The first-order valence-electron chi connectivity index (χ1n) is 6.67. The molecule has 0 atom stereocenters. The van der Waals surface area contributed by atoms with Crippen LogP contribution in [0.1, 0.15) is 19.8 Å². The summed E-state index contributed by atoms with van der Waals surface area (Å²) in [5, 5.41) is 0. The Morgan fingerprint density at radius 1 is 1.25 bits per heavy atom. The number of rotatable bonds is 3. The number of sulfonamides is 1. The quantitative estimate of drug-likeness (QED) is 0.858. The maximum absolute atomic E-state index is 12.4. The third-order valence-corrected chi connectivity index (χ3v) is 5.55. The number of hydrogen-bond donors (Lipinski definition) is 0. The Morgan fingerprint density at radius 2 is 1.95 bits per heavy atom. The van der Waals surface area contributed by atoms with Crippen molar-refractivity contribution in [3.63, 3.8) is 0 Å². The molecule has 1 aliphatic heterocycles. The second kappa shape index (κ2) is 4.75. The summed E-state index contributed by atoms with van der Waals surface area (Å²) in [5.41, 5.74) is 0.940. The summed E-state index contributed by atoms with van der Waals surface area (Å²) in [6.07, 6.45) is 1.78. The normalized spacial score (nSPS) is 17.1. The monoisotopic (exact) mass is 296 g/mol. The first kappa shape index (κ1) is 13.4. The average Bonchev–Trinajstić information content (AvgIpc) is 3.04. The summed E-state index contributed by atoms with van der Waals surface area (Å²) < 4.78 is 32.9. The van der Waals surface area contributed by atoms with E-state index >= 15 is 0 Å². The zero-order chi connectivity index (χ0) is 14.3. The molecule has 1 aromatic heterocycles. The molecule has 0 unspecified atom stereocenters. The first-order chi connectivity index (χ1) is 9.54. The molecule has 1 fully saturated rings. The van der Waals surface area contributed by atoms with Crippen LogP contribution in [0.5, 0.6) is 0 Å². The molecule has 108 valence electrons. The van der Waals surface area contributed by atoms with Gasteiger partial charge >= 0.3 is 5.76 Å². The van der Waals surface area contributed by atoms with E-state index in [4.69, 9.17) is 4.42 Å². The standard InChI is InChI=1S/C13H16N2O4S/c1-2-15-11-6-5-10(9-12(11)19-13(15)16)20(17,18)14-7-3-4-8-14/h5-6,9H,2-4,7-8H2,1H3. The second-order valence-electron chi connectivity index (χ2n) is 4.85. The van der Waals surface area contributed by atoms with Crippen molar-refractivity contribution in [3.05, 3.63) is 28.7 Å². The number of hydrogen-bond acceptors (Lipinski definition) is 4. The lowest BCUT2D eigenvalue weighted by Gasteiger charge is -2.15. The maximum atomic E-state index is 12.4. The molecule has 6 nitrogen and oxygen atoms in total. The van der Waals surface area contributed by atoms with Gasteiger partial charge in [-0.05, 0) is 31.9 Å². The van der Waals surface area contributed by atoms with Gasteiger partial charge in [0, 0.05) is 25.7 Å². The molecule has 0 bridgehead atoms. The Hall–Kier alpha value is -1.60. The zero-order valence-corrected chi connectivity index (χ0v) is 12.0. The molecule has 0 spiro atoms. The summed E-state index contributed by atoms with van der Waals surface area (Å²) in [4.78, 5) is 11.8. The molecule has 2 aromatic rings. The lowest BCUT2D eigenvalue weighted by Crippen LogP contribution is -2.27. The van der Waals surface area contributed by atoms with E-state index in [1.807, 2.05) is 6.92 Å². The highest BCUT2D eigenvalue weighted by Crippen LogP contribution is 2.24. The second-order valence-corrected chi connectivity index (χ2v) is 6.79. The zero-order valence-electron chi connectivity index (χ0n) is 11.2. The van der Waals surface area contributed by atoms with Crippen LogP contribution in [0.25, 0.3) is 11.1 Å². The summed E-state index contributed by atoms with van der Waals surface area (Å²) >= 11 is 0. The Bertz CT molecular complexity index is 797. The van der Waals surface area contributed by atoms with Gasteiger partial charge in [0.1, 0.15) is 0 Å². The molecule has 7 heteroatoms. The predicted octanol–water partition coefficient (Wildman–Crippen LogP) is 1.40. The van der Waals surface area contributed by atoms with Crippen LogP contribution in [0.15, 0.2) is 32.3 Å². The topological polar surface area (TPSA) is 72.5 Å². The van der Waals surface area contributed by atoms with Crippen LogP contribution < -0.4 is 5.76 Å². The maximum Gasteiger partial charge on any atom is 0.419 e. The fourth-order valence-corrected chi connectivity index (χ4v) is 4.12. The molecule has 0 radical (unpaired) electrons. The smallest absolute Gasteiger partial charge is 0.408 e.